The highest BCUT2D eigenvalue weighted by Crippen LogP contribution is 2.21. The number of phenolic OH excluding ortho intramolecular Hbond substituents is 1. The maximum atomic E-state index is 11.7. The maximum Gasteiger partial charge on any atom is 0.255 e. The molecule has 2 atom stereocenters. The highest BCUT2D eigenvalue weighted by Gasteiger charge is 2.14. The number of benzene rings is 1. The number of phenols is 1. The van der Waals surface area contributed by atoms with Crippen molar-refractivity contribution in [1.29, 1.82) is 0 Å². The molecule has 0 aliphatic carbocycles. The number of aromatic hydroxyl groups is 1. The van der Waals surface area contributed by atoms with Crippen LogP contribution in [0.15, 0.2) is 22.7 Å². The van der Waals surface area contributed by atoms with E-state index < -0.39 is 18.1 Å². The van der Waals surface area contributed by atoms with Crippen LogP contribution in [-0.4, -0.2) is 34.8 Å². The first-order valence-corrected chi connectivity index (χ1v) is 5.91. The highest BCUT2D eigenvalue weighted by atomic mass is 79.9. The SMILES string of the molecule is CC(O)C(N)CNC(=O)c1ccc(Br)cc1O. The summed E-state index contributed by atoms with van der Waals surface area (Å²) in [4.78, 5) is 11.7. The minimum absolute atomic E-state index is 0.109. The minimum Gasteiger partial charge on any atom is -0.507 e. The third-order valence-corrected chi connectivity index (χ3v) is 2.82. The van der Waals surface area contributed by atoms with Gasteiger partial charge in [0.2, 0.25) is 0 Å². The lowest BCUT2D eigenvalue weighted by atomic mass is 10.1. The summed E-state index contributed by atoms with van der Waals surface area (Å²) in [6, 6.07) is 4.06. The number of carbonyl (C=O) groups excluding carboxylic acids is 1. The van der Waals surface area contributed by atoms with Crippen LogP contribution in [0, 0.1) is 0 Å². The van der Waals surface area contributed by atoms with Gasteiger partial charge in [-0.3, -0.25) is 4.79 Å². The summed E-state index contributed by atoms with van der Waals surface area (Å²) in [5, 5.41) is 21.3. The molecule has 1 aromatic carbocycles. The summed E-state index contributed by atoms with van der Waals surface area (Å²) in [5.74, 6) is -0.534. The number of amides is 1. The Bertz CT molecular complexity index is 410. The number of hydrogen-bond donors (Lipinski definition) is 4. The van der Waals surface area contributed by atoms with E-state index in [0.29, 0.717) is 4.47 Å². The van der Waals surface area contributed by atoms with Crippen LogP contribution >= 0.6 is 15.9 Å². The van der Waals surface area contributed by atoms with Crippen molar-refractivity contribution in [3.63, 3.8) is 0 Å². The van der Waals surface area contributed by atoms with Crippen molar-refractivity contribution in [1.82, 2.24) is 5.32 Å². The monoisotopic (exact) mass is 302 g/mol. The number of nitrogens with one attached hydrogen (secondary N) is 1. The molecule has 0 aromatic heterocycles. The number of aliphatic hydroxyl groups excluding tert-OH is 1. The van der Waals surface area contributed by atoms with Gasteiger partial charge < -0.3 is 21.3 Å². The van der Waals surface area contributed by atoms with E-state index in [-0.39, 0.29) is 17.9 Å². The van der Waals surface area contributed by atoms with E-state index >= 15 is 0 Å². The number of carbonyl (C=O) groups is 1. The zero-order valence-corrected chi connectivity index (χ0v) is 10.9. The maximum absolute atomic E-state index is 11.7. The van der Waals surface area contributed by atoms with Crippen LogP contribution in [0.1, 0.15) is 17.3 Å². The summed E-state index contributed by atoms with van der Waals surface area (Å²) in [6.07, 6.45) is -0.700. The number of rotatable bonds is 4. The van der Waals surface area contributed by atoms with Crippen LogP contribution < -0.4 is 11.1 Å². The Labute approximate surface area is 108 Å². The molecule has 94 valence electrons. The van der Waals surface area contributed by atoms with Gasteiger partial charge in [-0.1, -0.05) is 15.9 Å². The number of hydrogen-bond acceptors (Lipinski definition) is 4. The number of halogens is 1. The Hall–Kier alpha value is -1.11. The Morgan fingerprint density at radius 3 is 2.76 bits per heavy atom. The second kappa shape index (κ2) is 6.00. The quantitative estimate of drug-likeness (QED) is 0.655. The van der Waals surface area contributed by atoms with Gasteiger partial charge in [0.25, 0.3) is 5.91 Å². The van der Waals surface area contributed by atoms with Crippen LogP contribution in [0.3, 0.4) is 0 Å². The number of aliphatic hydroxyl groups is 1. The fraction of sp³-hybridized carbons (Fsp3) is 0.364. The molecular weight excluding hydrogens is 288 g/mol. The first kappa shape index (κ1) is 14.0. The first-order chi connectivity index (χ1) is 7.91. The first-order valence-electron chi connectivity index (χ1n) is 5.12. The summed E-state index contributed by atoms with van der Waals surface area (Å²) in [5.41, 5.74) is 5.74. The summed E-state index contributed by atoms with van der Waals surface area (Å²) in [7, 11) is 0. The number of nitrogens with two attached hydrogens (primary N) is 1. The molecule has 1 aromatic rings. The van der Waals surface area contributed by atoms with Crippen molar-refractivity contribution in [2.24, 2.45) is 5.73 Å². The van der Waals surface area contributed by atoms with Crippen molar-refractivity contribution < 1.29 is 15.0 Å². The third-order valence-electron chi connectivity index (χ3n) is 2.32. The second-order valence-corrected chi connectivity index (χ2v) is 4.69. The van der Waals surface area contributed by atoms with Crippen molar-refractivity contribution in [2.45, 2.75) is 19.1 Å². The second-order valence-electron chi connectivity index (χ2n) is 3.78. The Morgan fingerprint density at radius 1 is 1.59 bits per heavy atom. The topological polar surface area (TPSA) is 95.6 Å². The lowest BCUT2D eigenvalue weighted by Crippen LogP contribution is -2.43. The molecule has 0 heterocycles. The predicted octanol–water partition coefficient (Wildman–Crippen LogP) is 0.593. The Morgan fingerprint density at radius 2 is 2.24 bits per heavy atom. The van der Waals surface area contributed by atoms with E-state index in [9.17, 15) is 9.90 Å². The van der Waals surface area contributed by atoms with Gasteiger partial charge in [0, 0.05) is 17.1 Å². The molecule has 1 amide bonds. The van der Waals surface area contributed by atoms with Gasteiger partial charge in [0.1, 0.15) is 5.75 Å². The van der Waals surface area contributed by atoms with Crippen LogP contribution in [0.4, 0.5) is 0 Å². The zero-order valence-electron chi connectivity index (χ0n) is 9.35. The highest BCUT2D eigenvalue weighted by molar-refractivity contribution is 9.10. The molecule has 5 N–H and O–H groups in total. The van der Waals surface area contributed by atoms with Gasteiger partial charge in [-0.05, 0) is 25.1 Å². The fourth-order valence-corrected chi connectivity index (χ4v) is 1.52. The molecule has 0 bridgehead atoms. The van der Waals surface area contributed by atoms with Gasteiger partial charge in [0.05, 0.1) is 11.7 Å². The fourth-order valence-electron chi connectivity index (χ4n) is 1.17. The molecule has 0 fully saturated rings. The van der Waals surface area contributed by atoms with E-state index in [0.717, 1.165) is 0 Å². The third kappa shape index (κ3) is 3.99. The van der Waals surface area contributed by atoms with E-state index in [2.05, 4.69) is 21.2 Å². The van der Waals surface area contributed by atoms with E-state index in [1.807, 2.05) is 0 Å². The standard InChI is InChI=1S/C11H15BrN2O3/c1-6(15)9(13)5-14-11(17)8-3-2-7(12)4-10(8)16/h2-4,6,9,15-16H,5,13H2,1H3,(H,14,17). The normalized spacial score (nSPS) is 14.1. The molecule has 0 aliphatic heterocycles. The van der Waals surface area contributed by atoms with E-state index in [1.54, 1.807) is 13.0 Å². The summed E-state index contributed by atoms with van der Waals surface area (Å²) < 4.78 is 0.687. The van der Waals surface area contributed by atoms with Crippen LogP contribution in [0.2, 0.25) is 0 Å². The molecule has 0 radical (unpaired) electrons. The van der Waals surface area contributed by atoms with Crippen molar-refractivity contribution >= 4 is 21.8 Å². The molecule has 0 aliphatic rings. The van der Waals surface area contributed by atoms with E-state index in [1.165, 1.54) is 12.1 Å². The van der Waals surface area contributed by atoms with Crippen molar-refractivity contribution in [2.75, 3.05) is 6.54 Å². The Balaban J connectivity index is 2.64. The summed E-state index contributed by atoms with van der Waals surface area (Å²) >= 11 is 3.18. The van der Waals surface area contributed by atoms with Gasteiger partial charge in [-0.25, -0.2) is 0 Å². The molecule has 17 heavy (non-hydrogen) atoms. The predicted molar refractivity (Wildman–Crippen MR) is 67.8 cm³/mol. The molecule has 0 saturated carbocycles. The molecule has 0 spiro atoms. The lowest BCUT2D eigenvalue weighted by molar-refractivity contribution is 0.0935. The van der Waals surface area contributed by atoms with Crippen molar-refractivity contribution in [3.8, 4) is 5.75 Å². The van der Waals surface area contributed by atoms with Crippen LogP contribution in [0.25, 0.3) is 0 Å². The largest absolute Gasteiger partial charge is 0.507 e. The average molecular weight is 303 g/mol. The van der Waals surface area contributed by atoms with E-state index in [4.69, 9.17) is 10.8 Å². The molecule has 2 unspecified atom stereocenters. The van der Waals surface area contributed by atoms with Crippen LogP contribution in [-0.2, 0) is 0 Å². The average Bonchev–Trinajstić information content (AvgIpc) is 2.25. The Kier molecular flexibility index (Phi) is 4.92. The van der Waals surface area contributed by atoms with Crippen LogP contribution in [0.5, 0.6) is 5.75 Å². The molecule has 5 nitrogen and oxygen atoms in total. The van der Waals surface area contributed by atoms with Gasteiger partial charge in [-0.2, -0.15) is 0 Å². The molecule has 0 saturated heterocycles. The zero-order chi connectivity index (χ0) is 13.0. The van der Waals surface area contributed by atoms with Gasteiger partial charge >= 0.3 is 0 Å². The summed E-state index contributed by atoms with van der Waals surface area (Å²) in [6.45, 7) is 1.69. The minimum atomic E-state index is -0.700. The molecule has 6 heteroatoms. The van der Waals surface area contributed by atoms with Crippen molar-refractivity contribution in [3.05, 3.63) is 28.2 Å². The lowest BCUT2D eigenvalue weighted by Gasteiger charge is -2.15. The smallest absolute Gasteiger partial charge is 0.255 e. The molecular formula is C11H15BrN2O3. The molecule has 1 rings (SSSR count). The van der Waals surface area contributed by atoms with Gasteiger partial charge in [-0.15, -0.1) is 0 Å². The van der Waals surface area contributed by atoms with Gasteiger partial charge in [0.15, 0.2) is 0 Å².